The van der Waals surface area contributed by atoms with E-state index in [4.69, 9.17) is 0 Å². The summed E-state index contributed by atoms with van der Waals surface area (Å²) in [6.45, 7) is 4.90. The van der Waals surface area contributed by atoms with Gasteiger partial charge in [0.25, 0.3) is 0 Å². The van der Waals surface area contributed by atoms with Crippen LogP contribution in [0, 0.1) is 0 Å². The molecule has 7 heavy (non-hydrogen) atoms. The Balaban J connectivity index is -0.0000000133. The maximum Gasteiger partial charge on any atom is 2.00 e. The van der Waals surface area contributed by atoms with Gasteiger partial charge in [0.2, 0.25) is 0 Å². The maximum absolute atomic E-state index is 10.1. The van der Waals surface area contributed by atoms with Gasteiger partial charge in [0.1, 0.15) is 0 Å². The van der Waals surface area contributed by atoms with E-state index in [-0.39, 0.29) is 64.4 Å². The first-order valence-electron chi connectivity index (χ1n) is 1.70. The van der Waals surface area contributed by atoms with Gasteiger partial charge in [-0.2, -0.15) is 0 Å². The van der Waals surface area contributed by atoms with Crippen molar-refractivity contribution in [2.24, 2.45) is 0 Å². The number of hydrogen-bond donors (Lipinski definition) is 0. The van der Waals surface area contributed by atoms with E-state index >= 15 is 0 Å². The van der Waals surface area contributed by atoms with Gasteiger partial charge in [0.15, 0.2) is 0 Å². The Labute approximate surface area is 94.5 Å². The minimum Gasteiger partial charge on any atom is -1.00 e. The molecule has 0 rings (SSSR count). The number of rotatable bonds is 0. The van der Waals surface area contributed by atoms with E-state index in [0.29, 0.717) is 0 Å². The fourth-order valence-corrected chi connectivity index (χ4v) is 0. The van der Waals surface area contributed by atoms with E-state index < -0.39 is 5.60 Å². The van der Waals surface area contributed by atoms with Crippen LogP contribution in [0.4, 0.5) is 0 Å². The predicted octanol–water partition coefficient (Wildman–Crippen LogP) is -3.01. The normalized spacial score (nSPS) is 8.57. The molecule has 0 unspecified atom stereocenters. The monoisotopic (exact) mass is 123 g/mol. The molecule has 0 aromatic carbocycles. The summed E-state index contributed by atoms with van der Waals surface area (Å²) in [5.41, 5.74) is -0.750. The zero-order valence-corrected chi connectivity index (χ0v) is 8.74. The van der Waals surface area contributed by atoms with Gasteiger partial charge in [-0.3, -0.25) is 0 Å². The molecule has 0 atom stereocenters. The first kappa shape index (κ1) is 15.9. The quantitative estimate of drug-likeness (QED) is 0.315. The van der Waals surface area contributed by atoms with Gasteiger partial charge in [-0.05, 0) is 0 Å². The molecule has 0 aromatic heterocycles. The van der Waals surface area contributed by atoms with Crippen molar-refractivity contribution in [2.45, 2.75) is 26.4 Å². The SMILES string of the molecule is CC(C)(C)[O-].[Be+2].[H-].[H-].[K+]. The van der Waals surface area contributed by atoms with Crippen LogP contribution in [-0.2, 0) is 0 Å². The minimum absolute atomic E-state index is 0. The average Bonchev–Trinajstić information content (AvgIpc) is 0.722. The van der Waals surface area contributed by atoms with Crippen LogP contribution in [0.5, 0.6) is 0 Å². The van der Waals surface area contributed by atoms with Crippen LogP contribution in [0.15, 0.2) is 0 Å². The molecule has 0 aliphatic heterocycles. The van der Waals surface area contributed by atoms with Crippen molar-refractivity contribution in [1.82, 2.24) is 0 Å². The van der Waals surface area contributed by atoms with Crippen molar-refractivity contribution in [3.05, 3.63) is 0 Å². The van der Waals surface area contributed by atoms with Crippen molar-refractivity contribution in [3.63, 3.8) is 0 Å². The first-order chi connectivity index (χ1) is 2.00. The third-order valence-electron chi connectivity index (χ3n) is 0. The van der Waals surface area contributed by atoms with E-state index in [1.807, 2.05) is 0 Å². The van der Waals surface area contributed by atoms with Crippen LogP contribution in [0.3, 0.4) is 0 Å². The molecule has 0 saturated heterocycles. The Bertz CT molecular complexity index is 34.0. The molecule has 1 nitrogen and oxygen atoms in total. The van der Waals surface area contributed by atoms with Gasteiger partial charge in [-0.1, -0.05) is 20.8 Å². The van der Waals surface area contributed by atoms with Crippen LogP contribution in [0.1, 0.15) is 23.6 Å². The maximum atomic E-state index is 10.1. The molecule has 0 N–H and O–H groups in total. The van der Waals surface area contributed by atoms with Gasteiger partial charge in [0, 0.05) is 0 Å². The van der Waals surface area contributed by atoms with Crippen molar-refractivity contribution >= 4 is 10.1 Å². The van der Waals surface area contributed by atoms with Crippen LogP contribution < -0.4 is 56.5 Å². The Morgan fingerprint density at radius 1 is 1.29 bits per heavy atom. The van der Waals surface area contributed by atoms with Crippen molar-refractivity contribution in [2.75, 3.05) is 0 Å². The van der Waals surface area contributed by atoms with E-state index in [2.05, 4.69) is 0 Å². The molecule has 0 bridgehead atoms. The average molecular weight is 123 g/mol. The van der Waals surface area contributed by atoms with Crippen LogP contribution in [-0.4, -0.2) is 15.7 Å². The summed E-state index contributed by atoms with van der Waals surface area (Å²) in [6, 6.07) is 0. The molecule has 0 saturated carbocycles. The van der Waals surface area contributed by atoms with Gasteiger partial charge in [-0.15, -0.1) is 5.60 Å². The third-order valence-corrected chi connectivity index (χ3v) is 0. The molecule has 0 aromatic rings. The van der Waals surface area contributed by atoms with Crippen LogP contribution >= 0.6 is 0 Å². The van der Waals surface area contributed by atoms with Gasteiger partial charge in [-0.25, -0.2) is 0 Å². The molecule has 0 fully saturated rings. The smallest absolute Gasteiger partial charge is 1.00 e. The minimum atomic E-state index is -0.750. The van der Waals surface area contributed by atoms with Crippen molar-refractivity contribution < 1.29 is 59.3 Å². The third kappa shape index (κ3) is 82.8. The summed E-state index contributed by atoms with van der Waals surface area (Å²) in [5.74, 6) is 0. The Hall–Kier alpha value is 1.77. The largest absolute Gasteiger partial charge is 2.00 e. The summed E-state index contributed by atoms with van der Waals surface area (Å²) >= 11 is 0. The summed E-state index contributed by atoms with van der Waals surface area (Å²) in [7, 11) is 0. The Morgan fingerprint density at radius 2 is 1.29 bits per heavy atom. The standard InChI is InChI=1S/C4H9O.Be.K.2H/c1-4(2,3)5;;;;/h1-3H3;;;;/q-1;+2;+1;2*-1. The van der Waals surface area contributed by atoms with Gasteiger partial charge < -0.3 is 7.96 Å². The topological polar surface area (TPSA) is 23.1 Å². The second kappa shape index (κ2) is 5.89. The first-order valence-corrected chi connectivity index (χ1v) is 1.70. The Kier molecular flexibility index (Phi) is 13.4. The molecule has 0 aliphatic rings. The molecule has 36 valence electrons. The van der Waals surface area contributed by atoms with Crippen LogP contribution in [0.2, 0.25) is 0 Å². The zero-order valence-electron chi connectivity index (χ0n) is 7.62. The molecular weight excluding hydrogens is 112 g/mol. The van der Waals surface area contributed by atoms with Gasteiger partial charge in [0.05, 0.1) is 0 Å². The summed E-state index contributed by atoms with van der Waals surface area (Å²) in [6.07, 6.45) is 0. The second-order valence-electron chi connectivity index (χ2n) is 2.11. The molecule has 0 radical (unpaired) electrons. The second-order valence-corrected chi connectivity index (χ2v) is 2.11. The van der Waals surface area contributed by atoms with Crippen molar-refractivity contribution in [1.29, 1.82) is 0 Å². The molecule has 0 heterocycles. The fraction of sp³-hybridized carbons (Fsp3) is 1.00. The van der Waals surface area contributed by atoms with E-state index in [1.54, 1.807) is 20.8 Å². The van der Waals surface area contributed by atoms with E-state index in [0.717, 1.165) is 0 Å². The Morgan fingerprint density at radius 3 is 1.29 bits per heavy atom. The summed E-state index contributed by atoms with van der Waals surface area (Å²) in [4.78, 5) is 0. The fourth-order valence-electron chi connectivity index (χ4n) is 0. The molecule has 0 aliphatic carbocycles. The molecular formula is C4H11BeKO. The molecule has 3 heteroatoms. The van der Waals surface area contributed by atoms with Crippen molar-refractivity contribution in [3.8, 4) is 0 Å². The molecule has 0 amide bonds. The summed E-state index contributed by atoms with van der Waals surface area (Å²) < 4.78 is 0. The van der Waals surface area contributed by atoms with E-state index in [1.165, 1.54) is 0 Å². The predicted molar refractivity (Wildman–Crippen MR) is 27.7 cm³/mol. The summed E-state index contributed by atoms with van der Waals surface area (Å²) in [5, 5.41) is 10.1. The molecule has 0 spiro atoms. The van der Waals surface area contributed by atoms with Crippen LogP contribution in [0.25, 0.3) is 0 Å². The van der Waals surface area contributed by atoms with Gasteiger partial charge >= 0.3 is 61.5 Å². The van der Waals surface area contributed by atoms with E-state index in [9.17, 15) is 5.11 Å². The zero-order chi connectivity index (χ0) is 4.50. The number of hydrogen-bond acceptors (Lipinski definition) is 1.